The molecule has 2 aromatic rings. The van der Waals surface area contributed by atoms with Crippen LogP contribution in [0.4, 0.5) is 0 Å². The normalized spacial score (nSPS) is 10.6. The van der Waals surface area contributed by atoms with E-state index in [0.717, 1.165) is 0 Å². The summed E-state index contributed by atoms with van der Waals surface area (Å²) in [6.45, 7) is 3.82. The van der Waals surface area contributed by atoms with Crippen LogP contribution in [0.1, 0.15) is 35.6 Å². The van der Waals surface area contributed by atoms with Crippen molar-refractivity contribution in [3.63, 3.8) is 0 Å². The van der Waals surface area contributed by atoms with Gasteiger partial charge >= 0.3 is 5.97 Å². The Morgan fingerprint density at radius 3 is 2.61 bits per heavy atom. The number of carboxylic acids is 1. The number of pyridine rings is 1. The van der Waals surface area contributed by atoms with Gasteiger partial charge in [0, 0.05) is 6.20 Å². The molecule has 0 radical (unpaired) electrons. The van der Waals surface area contributed by atoms with Gasteiger partial charge in [0.15, 0.2) is 5.82 Å². The van der Waals surface area contributed by atoms with E-state index in [1.54, 1.807) is 10.9 Å². The van der Waals surface area contributed by atoms with Gasteiger partial charge in [-0.1, -0.05) is 19.9 Å². The summed E-state index contributed by atoms with van der Waals surface area (Å²) in [6.07, 6.45) is 2.86. The molecular formula is C13H15N3O2. The molecule has 5 heteroatoms. The maximum Gasteiger partial charge on any atom is 0.339 e. The van der Waals surface area contributed by atoms with Gasteiger partial charge in [-0.2, -0.15) is 5.10 Å². The van der Waals surface area contributed by atoms with Gasteiger partial charge < -0.3 is 5.11 Å². The van der Waals surface area contributed by atoms with Crippen LogP contribution in [0.5, 0.6) is 0 Å². The summed E-state index contributed by atoms with van der Waals surface area (Å²) >= 11 is 0. The quantitative estimate of drug-likeness (QED) is 0.895. The summed E-state index contributed by atoms with van der Waals surface area (Å²) in [4.78, 5) is 15.5. The third kappa shape index (κ3) is 1.99. The standard InChI is InChI=1S/C13H15N3O2/c1-3-9-12(13(17)18)10(4-2)16(15-9)11-7-5-6-8-14-11/h5-8H,3-4H2,1-2H3,(H,17,18). The molecular weight excluding hydrogens is 230 g/mol. The van der Waals surface area contributed by atoms with E-state index >= 15 is 0 Å². The topological polar surface area (TPSA) is 68.0 Å². The fourth-order valence-electron chi connectivity index (χ4n) is 1.99. The van der Waals surface area contributed by atoms with E-state index in [0.29, 0.717) is 35.6 Å². The zero-order chi connectivity index (χ0) is 13.1. The minimum atomic E-state index is -0.925. The van der Waals surface area contributed by atoms with E-state index in [4.69, 9.17) is 0 Å². The Morgan fingerprint density at radius 1 is 1.33 bits per heavy atom. The average Bonchev–Trinajstić information content (AvgIpc) is 2.78. The second kappa shape index (κ2) is 5.00. The van der Waals surface area contributed by atoms with Crippen LogP contribution in [-0.4, -0.2) is 25.8 Å². The van der Waals surface area contributed by atoms with E-state index in [1.165, 1.54) is 0 Å². The van der Waals surface area contributed by atoms with Crippen LogP contribution in [0.3, 0.4) is 0 Å². The zero-order valence-electron chi connectivity index (χ0n) is 10.4. The van der Waals surface area contributed by atoms with Crippen molar-refractivity contribution >= 4 is 5.97 Å². The molecule has 1 N–H and O–H groups in total. The van der Waals surface area contributed by atoms with Gasteiger partial charge in [-0.15, -0.1) is 0 Å². The molecule has 0 saturated heterocycles. The molecule has 0 unspecified atom stereocenters. The second-order valence-corrected chi connectivity index (χ2v) is 3.88. The molecule has 0 fully saturated rings. The van der Waals surface area contributed by atoms with E-state index in [1.807, 2.05) is 32.0 Å². The molecule has 0 amide bonds. The summed E-state index contributed by atoms with van der Waals surface area (Å²) in [6, 6.07) is 5.49. The molecule has 0 aliphatic carbocycles. The largest absolute Gasteiger partial charge is 0.478 e. The highest BCUT2D eigenvalue weighted by Crippen LogP contribution is 2.19. The smallest absolute Gasteiger partial charge is 0.339 e. The summed E-state index contributed by atoms with van der Waals surface area (Å²) in [5.74, 6) is -0.276. The van der Waals surface area contributed by atoms with Gasteiger partial charge in [0.25, 0.3) is 0 Å². The Labute approximate surface area is 105 Å². The van der Waals surface area contributed by atoms with Crippen LogP contribution in [-0.2, 0) is 12.8 Å². The van der Waals surface area contributed by atoms with E-state index < -0.39 is 5.97 Å². The van der Waals surface area contributed by atoms with Crippen LogP contribution in [0.25, 0.3) is 5.82 Å². The van der Waals surface area contributed by atoms with Crippen molar-refractivity contribution in [1.82, 2.24) is 14.8 Å². The molecule has 2 heterocycles. The molecule has 0 spiro atoms. The fraction of sp³-hybridized carbons (Fsp3) is 0.308. The van der Waals surface area contributed by atoms with E-state index in [9.17, 15) is 9.90 Å². The predicted octanol–water partition coefficient (Wildman–Crippen LogP) is 2.09. The predicted molar refractivity (Wildman–Crippen MR) is 67.1 cm³/mol. The molecule has 0 aliphatic heterocycles. The number of nitrogens with zero attached hydrogens (tertiary/aromatic N) is 3. The highest BCUT2D eigenvalue weighted by atomic mass is 16.4. The second-order valence-electron chi connectivity index (χ2n) is 3.88. The molecule has 5 nitrogen and oxygen atoms in total. The molecule has 0 aliphatic rings. The Balaban J connectivity index is 2.65. The van der Waals surface area contributed by atoms with Crippen LogP contribution < -0.4 is 0 Å². The Kier molecular flexibility index (Phi) is 3.41. The van der Waals surface area contributed by atoms with E-state index in [-0.39, 0.29) is 0 Å². The van der Waals surface area contributed by atoms with Crippen LogP contribution in [0.2, 0.25) is 0 Å². The highest BCUT2D eigenvalue weighted by molar-refractivity contribution is 5.90. The van der Waals surface area contributed by atoms with Crippen LogP contribution in [0.15, 0.2) is 24.4 Å². The first-order valence-electron chi connectivity index (χ1n) is 5.94. The van der Waals surface area contributed by atoms with Crippen molar-refractivity contribution in [3.8, 4) is 5.82 Å². The summed E-state index contributed by atoms with van der Waals surface area (Å²) in [5.41, 5.74) is 1.61. The van der Waals surface area contributed by atoms with Gasteiger partial charge in [-0.3, -0.25) is 0 Å². The minimum absolute atomic E-state index is 0.311. The molecule has 18 heavy (non-hydrogen) atoms. The van der Waals surface area contributed by atoms with Crippen molar-refractivity contribution in [2.75, 3.05) is 0 Å². The Morgan fingerprint density at radius 2 is 2.11 bits per heavy atom. The lowest BCUT2D eigenvalue weighted by Crippen LogP contribution is -2.06. The van der Waals surface area contributed by atoms with Crippen molar-refractivity contribution in [2.45, 2.75) is 26.7 Å². The number of carbonyl (C=O) groups is 1. The molecule has 0 bridgehead atoms. The lowest BCUT2D eigenvalue weighted by molar-refractivity contribution is 0.0694. The monoisotopic (exact) mass is 245 g/mol. The molecule has 0 atom stereocenters. The molecule has 2 aromatic heterocycles. The summed E-state index contributed by atoms with van der Waals surface area (Å²) in [7, 11) is 0. The third-order valence-corrected chi connectivity index (χ3v) is 2.80. The first-order valence-corrected chi connectivity index (χ1v) is 5.94. The molecule has 0 saturated carbocycles. The maximum atomic E-state index is 11.3. The highest BCUT2D eigenvalue weighted by Gasteiger charge is 2.22. The number of hydrogen-bond donors (Lipinski definition) is 1. The van der Waals surface area contributed by atoms with Gasteiger partial charge in [0.05, 0.1) is 11.4 Å². The number of aromatic nitrogens is 3. The maximum absolute atomic E-state index is 11.3. The lowest BCUT2D eigenvalue weighted by atomic mass is 10.1. The van der Waals surface area contributed by atoms with Gasteiger partial charge in [-0.25, -0.2) is 14.5 Å². The fourth-order valence-corrected chi connectivity index (χ4v) is 1.99. The van der Waals surface area contributed by atoms with Crippen molar-refractivity contribution < 1.29 is 9.90 Å². The molecule has 94 valence electrons. The number of hydrogen-bond acceptors (Lipinski definition) is 3. The SMILES string of the molecule is CCc1nn(-c2ccccn2)c(CC)c1C(=O)O. The Bertz CT molecular complexity index is 561. The summed E-state index contributed by atoms with van der Waals surface area (Å²) in [5, 5.41) is 13.7. The average molecular weight is 245 g/mol. The van der Waals surface area contributed by atoms with Crippen molar-refractivity contribution in [3.05, 3.63) is 41.3 Å². The zero-order valence-corrected chi connectivity index (χ0v) is 10.4. The first-order chi connectivity index (χ1) is 8.69. The first kappa shape index (κ1) is 12.3. The van der Waals surface area contributed by atoms with Crippen molar-refractivity contribution in [1.29, 1.82) is 0 Å². The van der Waals surface area contributed by atoms with E-state index in [2.05, 4.69) is 10.1 Å². The van der Waals surface area contributed by atoms with Gasteiger partial charge in [-0.05, 0) is 25.0 Å². The lowest BCUT2D eigenvalue weighted by Gasteiger charge is -2.04. The Hall–Kier alpha value is -2.17. The number of carboxylic acid groups (broad SMARTS) is 1. The van der Waals surface area contributed by atoms with Crippen LogP contribution in [0, 0.1) is 0 Å². The van der Waals surface area contributed by atoms with Gasteiger partial charge in [0.2, 0.25) is 0 Å². The minimum Gasteiger partial charge on any atom is -0.478 e. The molecule has 2 rings (SSSR count). The number of aromatic carboxylic acids is 1. The van der Waals surface area contributed by atoms with Crippen molar-refractivity contribution in [2.24, 2.45) is 0 Å². The number of aryl methyl sites for hydroxylation is 1. The molecule has 0 aromatic carbocycles. The van der Waals surface area contributed by atoms with Gasteiger partial charge in [0.1, 0.15) is 5.56 Å². The third-order valence-electron chi connectivity index (χ3n) is 2.80. The summed E-state index contributed by atoms with van der Waals surface area (Å²) < 4.78 is 1.63. The number of rotatable bonds is 4. The van der Waals surface area contributed by atoms with Crippen LogP contribution >= 0.6 is 0 Å².